The first kappa shape index (κ1) is 24.8. The second-order valence-electron chi connectivity index (χ2n) is 8.53. The smallest absolute Gasteiger partial charge is 0.341 e. The van der Waals surface area contributed by atoms with Gasteiger partial charge in [0.25, 0.3) is 0 Å². The molecule has 9 heteroatoms. The Kier molecular flexibility index (Phi) is 7.65. The monoisotopic (exact) mass is 508 g/mol. The molecular formula is C25H25Cl2F3N4. The predicted molar refractivity (Wildman–Crippen MR) is 129 cm³/mol. The molecule has 2 unspecified atom stereocenters. The van der Waals surface area contributed by atoms with Crippen molar-refractivity contribution >= 4 is 29.2 Å². The van der Waals surface area contributed by atoms with E-state index in [9.17, 15) is 13.2 Å². The van der Waals surface area contributed by atoms with Gasteiger partial charge in [-0.05, 0) is 36.1 Å². The van der Waals surface area contributed by atoms with Gasteiger partial charge in [0.15, 0.2) is 0 Å². The van der Waals surface area contributed by atoms with Crippen LogP contribution >= 0.6 is 23.2 Å². The number of hydrogen-bond donors (Lipinski definition) is 0. The third-order valence-electron chi connectivity index (χ3n) is 6.22. The zero-order valence-electron chi connectivity index (χ0n) is 18.6. The van der Waals surface area contributed by atoms with Crippen LogP contribution in [0.5, 0.6) is 0 Å². The molecule has 1 fully saturated rings. The number of benzene rings is 2. The van der Waals surface area contributed by atoms with E-state index in [-0.39, 0.29) is 11.8 Å². The Bertz CT molecular complexity index is 1090. The predicted octanol–water partition coefficient (Wildman–Crippen LogP) is 6.54. The normalized spacial score (nSPS) is 18.9. The number of hydrogen-bond acceptors (Lipinski definition) is 4. The SMILES string of the molecule is CCN(CC1CN(Cc2ccccc2)CC1c1ccc(Cl)c(Cl)c1)c1ncc(C(F)(F)F)cn1. The first-order valence-electron chi connectivity index (χ1n) is 11.1. The Morgan fingerprint density at radius 3 is 2.32 bits per heavy atom. The van der Waals surface area contributed by atoms with E-state index < -0.39 is 11.7 Å². The van der Waals surface area contributed by atoms with Crippen molar-refractivity contribution in [1.82, 2.24) is 14.9 Å². The van der Waals surface area contributed by atoms with Gasteiger partial charge in [-0.2, -0.15) is 13.2 Å². The summed E-state index contributed by atoms with van der Waals surface area (Å²) in [4.78, 5) is 12.4. The van der Waals surface area contributed by atoms with Crippen LogP contribution < -0.4 is 4.90 Å². The summed E-state index contributed by atoms with van der Waals surface area (Å²) in [6.07, 6.45) is -2.77. The van der Waals surface area contributed by atoms with Gasteiger partial charge in [0, 0.05) is 51.0 Å². The minimum absolute atomic E-state index is 0.182. The molecule has 0 N–H and O–H groups in total. The van der Waals surface area contributed by atoms with Crippen molar-refractivity contribution in [3.05, 3.63) is 87.7 Å². The van der Waals surface area contributed by atoms with E-state index in [0.29, 0.717) is 29.1 Å². The molecule has 3 aromatic rings. The van der Waals surface area contributed by atoms with Crippen molar-refractivity contribution < 1.29 is 13.2 Å². The van der Waals surface area contributed by atoms with Crippen molar-refractivity contribution in [2.24, 2.45) is 5.92 Å². The molecule has 0 bridgehead atoms. The summed E-state index contributed by atoms with van der Waals surface area (Å²) in [7, 11) is 0. The van der Waals surface area contributed by atoms with E-state index >= 15 is 0 Å². The lowest BCUT2D eigenvalue weighted by molar-refractivity contribution is -0.138. The van der Waals surface area contributed by atoms with Gasteiger partial charge >= 0.3 is 6.18 Å². The summed E-state index contributed by atoms with van der Waals surface area (Å²) >= 11 is 12.5. The fraction of sp³-hybridized carbons (Fsp3) is 0.360. The molecule has 180 valence electrons. The fourth-order valence-electron chi connectivity index (χ4n) is 4.50. The highest BCUT2D eigenvalue weighted by Gasteiger charge is 2.36. The van der Waals surface area contributed by atoms with Gasteiger partial charge in [-0.25, -0.2) is 9.97 Å². The van der Waals surface area contributed by atoms with Crippen LogP contribution in [0.2, 0.25) is 10.0 Å². The van der Waals surface area contributed by atoms with Gasteiger partial charge in [-0.15, -0.1) is 0 Å². The Hall–Kier alpha value is -2.35. The summed E-state index contributed by atoms with van der Waals surface area (Å²) in [5, 5.41) is 1.02. The lowest BCUT2D eigenvalue weighted by Gasteiger charge is -2.27. The number of aromatic nitrogens is 2. The fourth-order valence-corrected chi connectivity index (χ4v) is 4.81. The van der Waals surface area contributed by atoms with E-state index in [1.54, 1.807) is 0 Å². The van der Waals surface area contributed by atoms with Gasteiger partial charge < -0.3 is 4.90 Å². The number of nitrogens with zero attached hydrogens (tertiary/aromatic N) is 4. The minimum Gasteiger partial charge on any atom is -0.341 e. The zero-order chi connectivity index (χ0) is 24.3. The summed E-state index contributed by atoms with van der Waals surface area (Å²) in [5.41, 5.74) is 1.48. The van der Waals surface area contributed by atoms with Crippen molar-refractivity contribution in [3.8, 4) is 0 Å². The maximum Gasteiger partial charge on any atom is 0.419 e. The Balaban J connectivity index is 1.57. The van der Waals surface area contributed by atoms with Crippen LogP contribution in [0.3, 0.4) is 0 Å². The molecule has 1 aliphatic heterocycles. The number of rotatable bonds is 7. The number of alkyl halides is 3. The molecule has 1 aliphatic rings. The van der Waals surface area contributed by atoms with Gasteiger partial charge in [-0.1, -0.05) is 59.6 Å². The van der Waals surface area contributed by atoms with Gasteiger partial charge in [-0.3, -0.25) is 4.90 Å². The first-order chi connectivity index (χ1) is 16.2. The zero-order valence-corrected chi connectivity index (χ0v) is 20.2. The molecule has 34 heavy (non-hydrogen) atoms. The molecule has 2 atom stereocenters. The maximum atomic E-state index is 12.9. The quantitative estimate of drug-likeness (QED) is 0.362. The third-order valence-corrected chi connectivity index (χ3v) is 6.96. The summed E-state index contributed by atoms with van der Waals surface area (Å²) < 4.78 is 38.8. The maximum absolute atomic E-state index is 12.9. The Morgan fingerprint density at radius 1 is 1.00 bits per heavy atom. The number of likely N-dealkylation sites (tertiary alicyclic amines) is 1. The molecule has 1 aromatic heterocycles. The summed E-state index contributed by atoms with van der Waals surface area (Å²) in [6.45, 7) is 5.62. The van der Waals surface area contributed by atoms with Gasteiger partial charge in [0.1, 0.15) is 0 Å². The Morgan fingerprint density at radius 2 is 1.71 bits per heavy atom. The average molecular weight is 509 g/mol. The van der Waals surface area contributed by atoms with Crippen molar-refractivity contribution in [3.63, 3.8) is 0 Å². The molecule has 0 amide bonds. The highest BCUT2D eigenvalue weighted by Crippen LogP contribution is 2.37. The average Bonchev–Trinajstić information content (AvgIpc) is 3.21. The highest BCUT2D eigenvalue weighted by molar-refractivity contribution is 6.42. The first-order valence-corrected chi connectivity index (χ1v) is 11.9. The second kappa shape index (κ2) is 10.5. The van der Waals surface area contributed by atoms with Crippen LogP contribution in [-0.4, -0.2) is 41.0 Å². The largest absolute Gasteiger partial charge is 0.419 e. The van der Waals surface area contributed by atoms with Crippen molar-refractivity contribution in [2.45, 2.75) is 25.6 Å². The standard InChI is InChI=1S/C25H25Cl2F3N4/c1-2-34(24-31-11-20(12-32-24)25(28,29)30)15-19-14-33(13-17-6-4-3-5-7-17)16-21(19)18-8-9-22(26)23(27)10-18/h3-12,19,21H,2,13-16H2,1H3. The topological polar surface area (TPSA) is 32.3 Å². The second-order valence-corrected chi connectivity index (χ2v) is 9.34. The third kappa shape index (κ3) is 5.82. The highest BCUT2D eigenvalue weighted by atomic mass is 35.5. The van der Waals surface area contributed by atoms with Crippen LogP contribution in [0.15, 0.2) is 60.9 Å². The summed E-state index contributed by atoms with van der Waals surface area (Å²) in [5.74, 6) is 0.679. The molecule has 0 saturated carbocycles. The van der Waals surface area contributed by atoms with Crippen molar-refractivity contribution in [2.75, 3.05) is 31.1 Å². The van der Waals surface area contributed by atoms with Crippen molar-refractivity contribution in [1.29, 1.82) is 0 Å². The lowest BCUT2D eigenvalue weighted by Crippen LogP contribution is -2.34. The molecule has 1 saturated heterocycles. The molecule has 0 aliphatic carbocycles. The number of anilines is 1. The van der Waals surface area contributed by atoms with E-state index in [4.69, 9.17) is 23.2 Å². The van der Waals surface area contributed by atoms with Crippen LogP contribution in [0, 0.1) is 5.92 Å². The summed E-state index contributed by atoms with van der Waals surface area (Å²) in [6, 6.07) is 16.0. The molecule has 0 radical (unpaired) electrons. The molecule has 2 aromatic carbocycles. The molecule has 2 heterocycles. The van der Waals surface area contributed by atoms with Crippen LogP contribution in [-0.2, 0) is 12.7 Å². The minimum atomic E-state index is -4.46. The van der Waals surface area contributed by atoms with Crippen LogP contribution in [0.25, 0.3) is 0 Å². The van der Waals surface area contributed by atoms with Crippen LogP contribution in [0.1, 0.15) is 29.5 Å². The molecule has 0 spiro atoms. The van der Waals surface area contributed by atoms with E-state index in [1.807, 2.05) is 48.2 Å². The van der Waals surface area contributed by atoms with E-state index in [1.165, 1.54) is 5.56 Å². The van der Waals surface area contributed by atoms with Gasteiger partial charge in [0.2, 0.25) is 5.95 Å². The Labute approximate surface area is 207 Å². The molecule has 4 nitrogen and oxygen atoms in total. The van der Waals surface area contributed by atoms with E-state index in [2.05, 4.69) is 27.0 Å². The van der Waals surface area contributed by atoms with Crippen LogP contribution in [0.4, 0.5) is 19.1 Å². The molecular weight excluding hydrogens is 484 g/mol. The van der Waals surface area contributed by atoms with Gasteiger partial charge in [0.05, 0.1) is 15.6 Å². The van der Waals surface area contributed by atoms with E-state index in [0.717, 1.165) is 37.6 Å². The molecule has 4 rings (SSSR count). The number of halogens is 5. The lowest BCUT2D eigenvalue weighted by atomic mass is 9.88.